The van der Waals surface area contributed by atoms with E-state index in [4.69, 9.17) is 0 Å². The molecule has 0 saturated carbocycles. The van der Waals surface area contributed by atoms with Crippen LogP contribution in [0.2, 0.25) is 0 Å². The number of aryl methyl sites for hydroxylation is 4. The van der Waals surface area contributed by atoms with Gasteiger partial charge in [-0.1, -0.05) is 12.1 Å². The van der Waals surface area contributed by atoms with Crippen LogP contribution in [0, 0.1) is 27.7 Å². The second-order valence-electron chi connectivity index (χ2n) is 3.59. The molecule has 0 N–H and O–H groups in total. The van der Waals surface area contributed by atoms with Gasteiger partial charge in [-0.2, -0.15) is 84.3 Å². The summed E-state index contributed by atoms with van der Waals surface area (Å²) in [5, 5.41) is 0. The van der Waals surface area contributed by atoms with E-state index in [1.807, 2.05) is 0 Å². The molecule has 0 aromatic heterocycles. The topological polar surface area (TPSA) is 0 Å². The van der Waals surface area contributed by atoms with Crippen LogP contribution >= 0.6 is 111 Å². The third kappa shape index (κ3) is 29.8. The summed E-state index contributed by atoms with van der Waals surface area (Å²) in [4.78, 5) is 0. The van der Waals surface area contributed by atoms with Gasteiger partial charge in [0.2, 0.25) is 0 Å². The molecule has 1 aromatic rings. The van der Waals surface area contributed by atoms with Gasteiger partial charge in [0.15, 0.2) is 0 Å². The van der Waals surface area contributed by atoms with E-state index in [2.05, 4.69) is 150 Å². The maximum absolute atomic E-state index is 3.24. The fraction of sp³-hybridized carbons (Fsp3) is 0.400. The first-order valence-electron chi connectivity index (χ1n) is 5.34. The normalized spacial score (nSPS) is 8.00. The van der Waals surface area contributed by atoms with Gasteiger partial charge >= 0.3 is 58.6 Å². The molecule has 0 aliphatic carbocycles. The predicted molar refractivity (Wildman–Crippen MR) is 128 cm³/mol. The number of hydrogen-bond donors (Lipinski definition) is 0. The van der Waals surface area contributed by atoms with Crippen LogP contribution in [-0.2, 0) is 15.0 Å². The van der Waals surface area contributed by atoms with E-state index in [1.54, 1.807) is 0 Å². The molecule has 21 heavy (non-hydrogen) atoms. The van der Waals surface area contributed by atoms with E-state index >= 15 is 0 Å². The van der Waals surface area contributed by atoms with Gasteiger partial charge in [-0.05, 0) is 49.9 Å². The first kappa shape index (κ1) is 30.6. The molecule has 0 nitrogen and oxygen atoms in total. The first-order valence-corrected chi connectivity index (χ1v) is 32.2. The summed E-state index contributed by atoms with van der Waals surface area (Å²) in [6.45, 7) is 8.62. The van der Waals surface area contributed by atoms with Gasteiger partial charge in [0, 0.05) is 0 Å². The van der Waals surface area contributed by atoms with Crippen molar-refractivity contribution >= 4 is 128 Å². The molecule has 1 rings (SSSR count). The molecule has 0 atom stereocenters. The van der Waals surface area contributed by atoms with E-state index in [9.17, 15) is 0 Å². The molecule has 0 bridgehead atoms. The summed E-state index contributed by atoms with van der Waals surface area (Å²) in [5.41, 5.74) is 5.57. The van der Waals surface area contributed by atoms with Gasteiger partial charge in [-0.15, -0.1) is 0 Å². The minimum atomic E-state index is -0.701. The van der Waals surface area contributed by atoms with Crippen molar-refractivity contribution in [1.82, 2.24) is 0 Å². The average molecular weight is 875 g/mol. The Hall–Kier alpha value is 4.84. The quantitative estimate of drug-likeness (QED) is 0.229. The summed E-state index contributed by atoms with van der Waals surface area (Å²) >= 11 is 26.0. The first-order chi connectivity index (χ1) is 9.49. The van der Waals surface area contributed by atoms with Crippen molar-refractivity contribution in [2.75, 3.05) is 0 Å². The summed E-state index contributed by atoms with van der Waals surface area (Å²) in [6, 6.07) is 4.48. The Balaban J connectivity index is -0.000000247. The molecule has 0 amide bonds. The van der Waals surface area contributed by atoms with Gasteiger partial charge in [-0.25, -0.2) is 0 Å². The van der Waals surface area contributed by atoms with Crippen molar-refractivity contribution in [2.45, 2.75) is 27.7 Å². The van der Waals surface area contributed by atoms with Crippen LogP contribution in [-0.4, -0.2) is 17.3 Å². The third-order valence-corrected chi connectivity index (χ3v) is 2.11. The average Bonchev–Trinajstić information content (AvgIpc) is 2.26. The fourth-order valence-electron chi connectivity index (χ4n) is 1.10. The number of rotatable bonds is 0. The fourth-order valence-corrected chi connectivity index (χ4v) is 1.10. The molecule has 11 heteroatoms. The third-order valence-electron chi connectivity index (χ3n) is 2.11. The molecule has 120 valence electrons. The van der Waals surface area contributed by atoms with Crippen LogP contribution in [0.1, 0.15) is 22.3 Å². The van der Waals surface area contributed by atoms with Crippen molar-refractivity contribution in [1.29, 1.82) is 0 Å². The molecule has 0 radical (unpaired) electrons. The number of benzene rings is 1. The molecular formula is C10H14Al2Br8Ti. The molecule has 0 unspecified atom stereocenters. The summed E-state index contributed by atoms with van der Waals surface area (Å²) < 4.78 is 0. The number of hydrogen-bond acceptors (Lipinski definition) is 0. The Kier molecular flexibility index (Phi) is 30.8. The van der Waals surface area contributed by atoms with E-state index in [-0.39, 0.29) is 15.0 Å². The molecule has 0 spiro atoms. The van der Waals surface area contributed by atoms with Gasteiger partial charge in [0.25, 0.3) is 0 Å². The Bertz CT molecular complexity index is 303. The van der Waals surface area contributed by atoms with Crippen molar-refractivity contribution in [2.24, 2.45) is 0 Å². The zero-order valence-electron chi connectivity index (χ0n) is 11.8. The predicted octanol–water partition coefficient (Wildman–Crippen LogP) is 8.92. The van der Waals surface area contributed by atoms with Gasteiger partial charge in [-0.3, -0.25) is 0 Å². The van der Waals surface area contributed by atoms with Crippen molar-refractivity contribution in [3.8, 4) is 0 Å². The molecule has 0 heterocycles. The van der Waals surface area contributed by atoms with Gasteiger partial charge in [0.1, 0.15) is 0 Å². The molecule has 0 fully saturated rings. The van der Waals surface area contributed by atoms with E-state index in [0.717, 1.165) is 0 Å². The zero-order valence-corrected chi connectivity index (χ0v) is 28.4. The summed E-state index contributed by atoms with van der Waals surface area (Å²) in [7, 11) is -1.40. The zero-order chi connectivity index (χ0) is 17.6. The second kappa shape index (κ2) is 21.1. The Morgan fingerprint density at radius 1 is 0.619 bits per heavy atom. The molecule has 0 aliphatic heterocycles. The maximum atomic E-state index is 3.24. The molecule has 1 aromatic carbocycles. The summed E-state index contributed by atoms with van der Waals surface area (Å²) in [5.74, 6) is 0. The molecule has 0 aliphatic rings. The van der Waals surface area contributed by atoms with Crippen LogP contribution in [0.4, 0.5) is 0 Å². The van der Waals surface area contributed by atoms with Crippen LogP contribution in [0.5, 0.6) is 0 Å². The van der Waals surface area contributed by atoms with Crippen LogP contribution in [0.15, 0.2) is 12.1 Å². The van der Waals surface area contributed by atoms with E-state index in [0.29, 0.717) is 0 Å². The van der Waals surface area contributed by atoms with Crippen LogP contribution < -0.4 is 0 Å². The van der Waals surface area contributed by atoms with Crippen molar-refractivity contribution in [3.05, 3.63) is 34.4 Å². The Morgan fingerprint density at radius 2 is 0.714 bits per heavy atom. The number of halogens is 8. The molecule has 0 saturated heterocycles. The summed E-state index contributed by atoms with van der Waals surface area (Å²) in [6.07, 6.45) is 0. The second-order valence-corrected chi connectivity index (χ2v) is 51.1. The standard InChI is InChI=1S/C10H14.2Al.8BrH.Ti/c1-7-5-9(3)10(4)6-8(7)2;;;;;;;;;;;/h5-6H,1-4H3;;;8*1H;/q;2*+3;;;;;;;;;+2/p-8. The Labute approximate surface area is 200 Å². The van der Waals surface area contributed by atoms with E-state index < -0.39 is 17.3 Å². The van der Waals surface area contributed by atoms with Crippen LogP contribution in [0.25, 0.3) is 0 Å². The van der Waals surface area contributed by atoms with Crippen LogP contribution in [0.3, 0.4) is 0 Å². The van der Waals surface area contributed by atoms with E-state index in [1.165, 1.54) is 22.3 Å². The van der Waals surface area contributed by atoms with Crippen molar-refractivity contribution in [3.63, 3.8) is 0 Å². The monoisotopic (exact) mass is 867 g/mol. The van der Waals surface area contributed by atoms with Gasteiger partial charge in [0.05, 0.1) is 0 Å². The molecular weight excluding hydrogens is 861 g/mol. The van der Waals surface area contributed by atoms with Crippen molar-refractivity contribution < 1.29 is 15.0 Å². The van der Waals surface area contributed by atoms with Gasteiger partial charge < -0.3 is 0 Å². The minimum absolute atomic E-state index is 0.125. The Morgan fingerprint density at radius 3 is 0.810 bits per heavy atom. The SMILES string of the molecule is Cc1cc(C)c(C)cc1C.[Br][Al]([Br])[Br].[Br][Al]([Br])[Br].[Br][Ti][Br].